The van der Waals surface area contributed by atoms with Crippen LogP contribution in [0.15, 0.2) is 6.07 Å². The van der Waals surface area contributed by atoms with Crippen LogP contribution >= 0.6 is 0 Å². The maximum Gasteiger partial charge on any atom is 0.253 e. The van der Waals surface area contributed by atoms with E-state index in [1.54, 1.807) is 19.9 Å². The largest absolute Gasteiger partial charge is 0.396 e. The maximum atomic E-state index is 12.0. The average molecular weight is 237 g/mol. The number of aromatic nitrogens is 2. The Kier molecular flexibility index (Phi) is 4.57. The van der Waals surface area contributed by atoms with E-state index in [0.29, 0.717) is 17.0 Å². The standard InChI is InChI=1S/C12H19N3O2/c1-7(6-16)9(3)13-12(17)11-5-8(2)14-15-10(11)4/h5,7,9,16H,6H2,1-4H3,(H,13,17). The summed E-state index contributed by atoms with van der Waals surface area (Å²) in [6.07, 6.45) is 0. The number of hydrogen-bond acceptors (Lipinski definition) is 4. The first-order chi connectivity index (χ1) is 7.95. The summed E-state index contributed by atoms with van der Waals surface area (Å²) in [6, 6.07) is 1.63. The Morgan fingerprint density at radius 1 is 1.41 bits per heavy atom. The molecule has 2 unspecified atom stereocenters. The van der Waals surface area contributed by atoms with Crippen molar-refractivity contribution in [3.63, 3.8) is 0 Å². The van der Waals surface area contributed by atoms with Crippen molar-refractivity contribution >= 4 is 5.91 Å². The van der Waals surface area contributed by atoms with Gasteiger partial charge < -0.3 is 10.4 Å². The Labute approximate surface area is 101 Å². The number of hydrogen-bond donors (Lipinski definition) is 2. The molecule has 2 atom stereocenters. The third-order valence-corrected chi connectivity index (χ3v) is 2.85. The van der Waals surface area contributed by atoms with Gasteiger partial charge >= 0.3 is 0 Å². The van der Waals surface area contributed by atoms with Crippen LogP contribution < -0.4 is 5.32 Å². The molecular weight excluding hydrogens is 218 g/mol. The first-order valence-electron chi connectivity index (χ1n) is 5.68. The fraction of sp³-hybridized carbons (Fsp3) is 0.583. The van der Waals surface area contributed by atoms with Crippen LogP contribution in [0, 0.1) is 19.8 Å². The van der Waals surface area contributed by atoms with Gasteiger partial charge in [0, 0.05) is 12.6 Å². The molecule has 0 bridgehead atoms. The number of carbonyl (C=O) groups excluding carboxylic acids is 1. The molecule has 0 saturated heterocycles. The molecule has 0 saturated carbocycles. The van der Waals surface area contributed by atoms with Crippen LogP contribution in [-0.4, -0.2) is 33.9 Å². The van der Waals surface area contributed by atoms with Crippen molar-refractivity contribution in [2.24, 2.45) is 5.92 Å². The van der Waals surface area contributed by atoms with Crippen molar-refractivity contribution in [3.8, 4) is 0 Å². The summed E-state index contributed by atoms with van der Waals surface area (Å²) in [4.78, 5) is 12.0. The lowest BCUT2D eigenvalue weighted by Gasteiger charge is -2.19. The first kappa shape index (κ1) is 13.6. The van der Waals surface area contributed by atoms with Gasteiger partial charge in [0.25, 0.3) is 5.91 Å². The number of aliphatic hydroxyl groups excluding tert-OH is 1. The van der Waals surface area contributed by atoms with Gasteiger partial charge in [-0.3, -0.25) is 4.79 Å². The zero-order valence-corrected chi connectivity index (χ0v) is 10.7. The van der Waals surface area contributed by atoms with Gasteiger partial charge in [0.1, 0.15) is 0 Å². The van der Waals surface area contributed by atoms with Crippen molar-refractivity contribution in [1.82, 2.24) is 15.5 Å². The lowest BCUT2D eigenvalue weighted by molar-refractivity contribution is 0.0915. The SMILES string of the molecule is Cc1cc(C(=O)NC(C)C(C)CO)c(C)nn1. The Morgan fingerprint density at radius 3 is 2.65 bits per heavy atom. The molecule has 0 aromatic carbocycles. The smallest absolute Gasteiger partial charge is 0.253 e. The molecule has 0 fully saturated rings. The number of nitrogens with one attached hydrogen (secondary N) is 1. The van der Waals surface area contributed by atoms with Crippen LogP contribution in [0.3, 0.4) is 0 Å². The quantitative estimate of drug-likeness (QED) is 0.813. The zero-order chi connectivity index (χ0) is 13.0. The third-order valence-electron chi connectivity index (χ3n) is 2.85. The summed E-state index contributed by atoms with van der Waals surface area (Å²) < 4.78 is 0. The molecule has 1 rings (SSSR count). The van der Waals surface area contributed by atoms with Gasteiger partial charge in [-0.1, -0.05) is 6.92 Å². The average Bonchev–Trinajstić information content (AvgIpc) is 2.30. The lowest BCUT2D eigenvalue weighted by Crippen LogP contribution is -2.38. The number of carbonyl (C=O) groups is 1. The molecule has 5 heteroatoms. The highest BCUT2D eigenvalue weighted by Gasteiger charge is 2.17. The predicted octanol–water partition coefficient (Wildman–Crippen LogP) is 0.840. The first-order valence-corrected chi connectivity index (χ1v) is 5.68. The van der Waals surface area contributed by atoms with Crippen LogP contribution in [0.25, 0.3) is 0 Å². The molecule has 1 heterocycles. The van der Waals surface area contributed by atoms with Crippen molar-refractivity contribution in [2.45, 2.75) is 33.7 Å². The van der Waals surface area contributed by atoms with Gasteiger partial charge in [-0.2, -0.15) is 10.2 Å². The minimum absolute atomic E-state index is 0.0233. The summed E-state index contributed by atoms with van der Waals surface area (Å²) >= 11 is 0. The maximum absolute atomic E-state index is 12.0. The number of nitrogens with zero attached hydrogens (tertiary/aromatic N) is 2. The molecular formula is C12H19N3O2. The molecule has 17 heavy (non-hydrogen) atoms. The summed E-state index contributed by atoms with van der Waals surface area (Å²) in [5.74, 6) is -0.150. The molecule has 5 nitrogen and oxygen atoms in total. The van der Waals surface area contributed by atoms with E-state index in [-0.39, 0.29) is 24.5 Å². The summed E-state index contributed by atoms with van der Waals surface area (Å²) in [5.41, 5.74) is 1.86. The topological polar surface area (TPSA) is 75.1 Å². The monoisotopic (exact) mass is 237 g/mol. The molecule has 0 aliphatic heterocycles. The lowest BCUT2D eigenvalue weighted by atomic mass is 10.0. The van der Waals surface area contributed by atoms with E-state index in [9.17, 15) is 4.79 Å². The fourth-order valence-corrected chi connectivity index (χ4v) is 1.36. The molecule has 2 N–H and O–H groups in total. The van der Waals surface area contributed by atoms with Gasteiger partial charge in [-0.25, -0.2) is 0 Å². The summed E-state index contributed by atoms with van der Waals surface area (Å²) in [5, 5.41) is 19.7. The van der Waals surface area contributed by atoms with Gasteiger partial charge in [0.05, 0.1) is 17.0 Å². The highest BCUT2D eigenvalue weighted by molar-refractivity contribution is 5.95. The summed E-state index contributed by atoms with van der Waals surface area (Å²) in [6.45, 7) is 7.35. The second kappa shape index (κ2) is 5.72. The molecule has 1 aromatic rings. The van der Waals surface area contributed by atoms with Crippen LogP contribution in [-0.2, 0) is 0 Å². The number of amides is 1. The molecule has 0 aliphatic rings. The number of aliphatic hydroxyl groups is 1. The van der Waals surface area contributed by atoms with E-state index in [4.69, 9.17) is 5.11 Å². The number of rotatable bonds is 4. The normalized spacial score (nSPS) is 14.2. The summed E-state index contributed by atoms with van der Waals surface area (Å²) in [7, 11) is 0. The van der Waals surface area contributed by atoms with Crippen molar-refractivity contribution in [3.05, 3.63) is 23.0 Å². The molecule has 0 radical (unpaired) electrons. The van der Waals surface area contributed by atoms with Crippen LogP contribution in [0.1, 0.15) is 35.6 Å². The van der Waals surface area contributed by atoms with E-state index in [2.05, 4.69) is 15.5 Å². The molecule has 0 spiro atoms. The highest BCUT2D eigenvalue weighted by Crippen LogP contribution is 2.07. The Morgan fingerprint density at radius 2 is 2.06 bits per heavy atom. The van der Waals surface area contributed by atoms with Gasteiger partial charge in [0.15, 0.2) is 0 Å². The van der Waals surface area contributed by atoms with Gasteiger partial charge in [0.2, 0.25) is 0 Å². The fourth-order valence-electron chi connectivity index (χ4n) is 1.36. The minimum atomic E-state index is -0.173. The second-order valence-electron chi connectivity index (χ2n) is 4.41. The predicted molar refractivity (Wildman–Crippen MR) is 64.7 cm³/mol. The Balaban J connectivity index is 2.79. The van der Waals surface area contributed by atoms with E-state index in [1.807, 2.05) is 13.8 Å². The van der Waals surface area contributed by atoms with Crippen LogP contribution in [0.2, 0.25) is 0 Å². The van der Waals surface area contributed by atoms with Crippen molar-refractivity contribution in [2.75, 3.05) is 6.61 Å². The molecule has 0 aliphatic carbocycles. The minimum Gasteiger partial charge on any atom is -0.396 e. The van der Waals surface area contributed by atoms with E-state index < -0.39 is 0 Å². The Bertz CT molecular complexity index is 407. The number of aryl methyl sites for hydroxylation is 2. The Hall–Kier alpha value is -1.49. The van der Waals surface area contributed by atoms with Crippen LogP contribution in [0.5, 0.6) is 0 Å². The molecule has 94 valence electrons. The van der Waals surface area contributed by atoms with Gasteiger partial charge in [-0.15, -0.1) is 0 Å². The second-order valence-corrected chi connectivity index (χ2v) is 4.41. The van der Waals surface area contributed by atoms with Crippen molar-refractivity contribution < 1.29 is 9.90 Å². The molecule has 1 amide bonds. The van der Waals surface area contributed by atoms with E-state index in [0.717, 1.165) is 0 Å². The molecule has 1 aromatic heterocycles. The third kappa shape index (κ3) is 3.49. The highest BCUT2D eigenvalue weighted by atomic mass is 16.3. The van der Waals surface area contributed by atoms with E-state index >= 15 is 0 Å². The van der Waals surface area contributed by atoms with Crippen LogP contribution in [0.4, 0.5) is 0 Å². The zero-order valence-electron chi connectivity index (χ0n) is 10.7. The van der Waals surface area contributed by atoms with E-state index in [1.165, 1.54) is 0 Å². The van der Waals surface area contributed by atoms with Crippen molar-refractivity contribution in [1.29, 1.82) is 0 Å². The van der Waals surface area contributed by atoms with Gasteiger partial charge in [-0.05, 0) is 32.8 Å².